The SMILES string of the molecule is CCNc1cc(C)ccc1C(=O)N1CCCC(CCO)C1. The summed E-state index contributed by atoms with van der Waals surface area (Å²) in [5, 5.41) is 12.4. The molecule has 1 aliphatic heterocycles. The second-order valence-corrected chi connectivity index (χ2v) is 5.85. The maximum Gasteiger partial charge on any atom is 0.255 e. The van der Waals surface area contributed by atoms with Crippen molar-refractivity contribution < 1.29 is 9.90 Å². The lowest BCUT2D eigenvalue weighted by Crippen LogP contribution is -2.40. The fourth-order valence-electron chi connectivity index (χ4n) is 3.02. The summed E-state index contributed by atoms with van der Waals surface area (Å²) in [6, 6.07) is 5.94. The van der Waals surface area contributed by atoms with Gasteiger partial charge in [-0.25, -0.2) is 0 Å². The molecule has 0 radical (unpaired) electrons. The highest BCUT2D eigenvalue weighted by Gasteiger charge is 2.25. The van der Waals surface area contributed by atoms with Crippen molar-refractivity contribution in [3.05, 3.63) is 29.3 Å². The van der Waals surface area contributed by atoms with E-state index in [9.17, 15) is 4.79 Å². The topological polar surface area (TPSA) is 52.6 Å². The Balaban J connectivity index is 2.15. The molecule has 1 atom stereocenters. The van der Waals surface area contributed by atoms with Crippen molar-refractivity contribution in [1.29, 1.82) is 0 Å². The number of nitrogens with one attached hydrogen (secondary N) is 1. The Labute approximate surface area is 127 Å². The summed E-state index contributed by atoms with van der Waals surface area (Å²) in [5.41, 5.74) is 2.83. The fourth-order valence-corrected chi connectivity index (χ4v) is 3.02. The lowest BCUT2D eigenvalue weighted by Gasteiger charge is -2.33. The lowest BCUT2D eigenvalue weighted by molar-refractivity contribution is 0.0654. The summed E-state index contributed by atoms with van der Waals surface area (Å²) in [6.07, 6.45) is 2.93. The van der Waals surface area contributed by atoms with Gasteiger partial charge in [0.15, 0.2) is 0 Å². The molecule has 1 aromatic carbocycles. The lowest BCUT2D eigenvalue weighted by atomic mass is 9.94. The number of aliphatic hydroxyl groups is 1. The Morgan fingerprint density at radius 3 is 3.00 bits per heavy atom. The number of hydrogen-bond acceptors (Lipinski definition) is 3. The quantitative estimate of drug-likeness (QED) is 0.876. The summed E-state index contributed by atoms with van der Waals surface area (Å²) in [7, 11) is 0. The number of piperidine rings is 1. The van der Waals surface area contributed by atoms with Gasteiger partial charge in [0, 0.05) is 31.9 Å². The number of anilines is 1. The fraction of sp³-hybridized carbons (Fsp3) is 0.588. The van der Waals surface area contributed by atoms with Crippen LogP contribution in [0, 0.1) is 12.8 Å². The normalized spacial score (nSPS) is 18.6. The molecule has 2 N–H and O–H groups in total. The molecule has 1 amide bonds. The van der Waals surface area contributed by atoms with Crippen LogP contribution in [0.4, 0.5) is 5.69 Å². The van der Waals surface area contributed by atoms with Crippen LogP contribution in [0.25, 0.3) is 0 Å². The number of likely N-dealkylation sites (tertiary alicyclic amines) is 1. The number of nitrogens with zero attached hydrogens (tertiary/aromatic N) is 1. The van der Waals surface area contributed by atoms with E-state index in [2.05, 4.69) is 5.32 Å². The first-order valence-electron chi connectivity index (χ1n) is 7.90. The second-order valence-electron chi connectivity index (χ2n) is 5.85. The summed E-state index contributed by atoms with van der Waals surface area (Å²) in [6.45, 7) is 6.66. The number of carbonyl (C=O) groups is 1. The highest BCUT2D eigenvalue weighted by Crippen LogP contribution is 2.24. The minimum absolute atomic E-state index is 0.105. The van der Waals surface area contributed by atoms with Crippen molar-refractivity contribution in [1.82, 2.24) is 4.90 Å². The number of carbonyl (C=O) groups excluding carboxylic acids is 1. The van der Waals surface area contributed by atoms with E-state index in [1.54, 1.807) is 0 Å². The number of amides is 1. The van der Waals surface area contributed by atoms with Gasteiger partial charge in [-0.1, -0.05) is 6.07 Å². The molecule has 116 valence electrons. The summed E-state index contributed by atoms with van der Waals surface area (Å²) in [5.74, 6) is 0.536. The summed E-state index contributed by atoms with van der Waals surface area (Å²) < 4.78 is 0. The van der Waals surface area contributed by atoms with Crippen molar-refractivity contribution >= 4 is 11.6 Å². The van der Waals surface area contributed by atoms with Crippen LogP contribution in [-0.2, 0) is 0 Å². The Bertz CT molecular complexity index is 486. The molecule has 21 heavy (non-hydrogen) atoms. The molecular weight excluding hydrogens is 264 g/mol. The van der Waals surface area contributed by atoms with Gasteiger partial charge in [0.05, 0.1) is 5.56 Å². The van der Waals surface area contributed by atoms with Crippen LogP contribution in [0.15, 0.2) is 18.2 Å². The van der Waals surface area contributed by atoms with Crippen LogP contribution in [0.5, 0.6) is 0 Å². The molecule has 0 aromatic heterocycles. The number of rotatable bonds is 5. The van der Waals surface area contributed by atoms with Gasteiger partial charge in [-0.3, -0.25) is 4.79 Å². The molecule has 2 rings (SSSR count). The number of aliphatic hydroxyl groups excluding tert-OH is 1. The standard InChI is InChI=1S/C17H26N2O2/c1-3-18-16-11-13(2)6-7-15(16)17(21)19-9-4-5-14(12-19)8-10-20/h6-7,11,14,18,20H,3-5,8-10,12H2,1-2H3. The average Bonchev–Trinajstić information content (AvgIpc) is 2.48. The number of benzene rings is 1. The van der Waals surface area contributed by atoms with Crippen LogP contribution in [-0.4, -0.2) is 42.2 Å². The van der Waals surface area contributed by atoms with Gasteiger partial charge in [0.1, 0.15) is 0 Å². The van der Waals surface area contributed by atoms with E-state index >= 15 is 0 Å². The van der Waals surface area contributed by atoms with E-state index < -0.39 is 0 Å². The van der Waals surface area contributed by atoms with Crippen molar-refractivity contribution in [3.8, 4) is 0 Å². The molecule has 0 bridgehead atoms. The van der Waals surface area contributed by atoms with Crippen molar-refractivity contribution in [3.63, 3.8) is 0 Å². The Hall–Kier alpha value is -1.55. The molecule has 1 unspecified atom stereocenters. The maximum atomic E-state index is 12.8. The monoisotopic (exact) mass is 290 g/mol. The summed E-state index contributed by atoms with van der Waals surface area (Å²) in [4.78, 5) is 14.7. The van der Waals surface area contributed by atoms with Gasteiger partial charge >= 0.3 is 0 Å². The van der Waals surface area contributed by atoms with Crippen LogP contribution < -0.4 is 5.32 Å². The minimum Gasteiger partial charge on any atom is -0.396 e. The van der Waals surface area contributed by atoms with Crippen LogP contribution in [0.3, 0.4) is 0 Å². The Morgan fingerprint density at radius 2 is 2.29 bits per heavy atom. The van der Waals surface area contributed by atoms with E-state index in [4.69, 9.17) is 5.11 Å². The van der Waals surface area contributed by atoms with Gasteiger partial charge in [0.2, 0.25) is 0 Å². The molecule has 0 saturated carbocycles. The largest absolute Gasteiger partial charge is 0.396 e. The third-order valence-corrected chi connectivity index (χ3v) is 4.12. The van der Waals surface area contributed by atoms with Crippen LogP contribution in [0.1, 0.15) is 42.1 Å². The smallest absolute Gasteiger partial charge is 0.255 e. The predicted molar refractivity (Wildman–Crippen MR) is 85.7 cm³/mol. The van der Waals surface area contributed by atoms with Gasteiger partial charge in [-0.2, -0.15) is 0 Å². The second kappa shape index (κ2) is 7.46. The van der Waals surface area contributed by atoms with Crippen LogP contribution >= 0.6 is 0 Å². The maximum absolute atomic E-state index is 12.8. The first-order valence-corrected chi connectivity index (χ1v) is 7.90. The molecule has 1 fully saturated rings. The molecule has 1 aromatic rings. The van der Waals surface area contributed by atoms with Crippen molar-refractivity contribution in [2.45, 2.75) is 33.1 Å². The average molecular weight is 290 g/mol. The molecule has 1 heterocycles. The van der Waals surface area contributed by atoms with E-state index in [0.29, 0.717) is 5.92 Å². The van der Waals surface area contributed by atoms with Gasteiger partial charge in [-0.15, -0.1) is 0 Å². The van der Waals surface area contributed by atoms with Gasteiger partial charge < -0.3 is 15.3 Å². The molecule has 4 heteroatoms. The predicted octanol–water partition coefficient (Wildman–Crippen LogP) is 2.66. The minimum atomic E-state index is 0.105. The third kappa shape index (κ3) is 3.97. The van der Waals surface area contributed by atoms with E-state index in [-0.39, 0.29) is 12.5 Å². The van der Waals surface area contributed by atoms with E-state index in [1.165, 1.54) is 0 Å². The molecule has 4 nitrogen and oxygen atoms in total. The Kier molecular flexibility index (Phi) is 5.62. The molecular formula is C17H26N2O2. The Morgan fingerprint density at radius 1 is 1.48 bits per heavy atom. The van der Waals surface area contributed by atoms with Crippen molar-refractivity contribution in [2.24, 2.45) is 5.92 Å². The molecule has 0 aliphatic carbocycles. The summed E-state index contributed by atoms with van der Waals surface area (Å²) >= 11 is 0. The molecule has 0 spiro atoms. The zero-order valence-corrected chi connectivity index (χ0v) is 13.1. The number of aryl methyl sites for hydroxylation is 1. The molecule has 1 aliphatic rings. The highest BCUT2D eigenvalue weighted by molar-refractivity contribution is 5.99. The van der Waals surface area contributed by atoms with E-state index in [0.717, 1.165) is 55.7 Å². The number of hydrogen-bond donors (Lipinski definition) is 2. The van der Waals surface area contributed by atoms with E-state index in [1.807, 2.05) is 36.9 Å². The van der Waals surface area contributed by atoms with Crippen LogP contribution in [0.2, 0.25) is 0 Å². The van der Waals surface area contributed by atoms with Gasteiger partial charge in [0.25, 0.3) is 5.91 Å². The zero-order chi connectivity index (χ0) is 15.2. The third-order valence-electron chi connectivity index (χ3n) is 4.12. The first-order chi connectivity index (χ1) is 10.2. The molecule has 1 saturated heterocycles. The van der Waals surface area contributed by atoms with Crippen molar-refractivity contribution in [2.75, 3.05) is 31.6 Å². The highest BCUT2D eigenvalue weighted by atomic mass is 16.3. The first kappa shape index (κ1) is 15.8. The zero-order valence-electron chi connectivity index (χ0n) is 13.1. The van der Waals surface area contributed by atoms with Gasteiger partial charge in [-0.05, 0) is 56.7 Å².